The average molecular weight is 351 g/mol. The van der Waals surface area contributed by atoms with Gasteiger partial charge in [0.15, 0.2) is 0 Å². The second-order valence-electron chi connectivity index (χ2n) is 5.12. The Hall–Kier alpha value is -2.55. The normalized spacial score (nSPS) is 11.0. The van der Waals surface area contributed by atoms with Gasteiger partial charge in [0.1, 0.15) is 0 Å². The van der Waals surface area contributed by atoms with Gasteiger partial charge in [-0.05, 0) is 37.6 Å². The van der Waals surface area contributed by atoms with E-state index in [0.29, 0.717) is 17.9 Å². The fourth-order valence-electron chi connectivity index (χ4n) is 1.93. The number of nitrogens with one attached hydrogen (secondary N) is 3. The number of aromatic nitrogens is 2. The first-order valence-corrected chi connectivity index (χ1v) is 9.25. The van der Waals surface area contributed by atoms with Crippen LogP contribution in [0.25, 0.3) is 0 Å². The number of sulfonamides is 1. The predicted octanol–water partition coefficient (Wildman–Crippen LogP) is 1.86. The standard InChI is InChI=1S/C15H21N5O3S/c1-2-24(22,23)19-14-6-4-13(5-7-14)18-15(21)17-8-3-10-20-11-9-16-12-20/h4-7,9,11-12,19H,2-3,8,10H2,1H3,(H2,17,18,21). The van der Waals surface area contributed by atoms with Crippen molar-refractivity contribution in [1.82, 2.24) is 14.9 Å². The van der Waals surface area contributed by atoms with E-state index in [1.165, 1.54) is 0 Å². The maximum atomic E-state index is 11.8. The molecule has 0 atom stereocenters. The van der Waals surface area contributed by atoms with E-state index in [2.05, 4.69) is 20.3 Å². The van der Waals surface area contributed by atoms with Gasteiger partial charge >= 0.3 is 6.03 Å². The van der Waals surface area contributed by atoms with Crippen LogP contribution in [0.5, 0.6) is 0 Å². The van der Waals surface area contributed by atoms with E-state index >= 15 is 0 Å². The second kappa shape index (κ2) is 8.34. The number of nitrogens with zero attached hydrogens (tertiary/aromatic N) is 2. The van der Waals surface area contributed by atoms with Gasteiger partial charge in [-0.3, -0.25) is 4.72 Å². The van der Waals surface area contributed by atoms with Crippen molar-refractivity contribution in [2.45, 2.75) is 19.9 Å². The molecule has 0 saturated heterocycles. The largest absolute Gasteiger partial charge is 0.338 e. The first-order chi connectivity index (χ1) is 11.5. The van der Waals surface area contributed by atoms with Crippen molar-refractivity contribution >= 4 is 27.4 Å². The molecular formula is C15H21N5O3S. The third-order valence-electron chi connectivity index (χ3n) is 3.23. The molecule has 2 aromatic rings. The molecule has 1 aromatic carbocycles. The number of aryl methyl sites for hydroxylation is 1. The summed E-state index contributed by atoms with van der Waals surface area (Å²) < 4.78 is 27.3. The minimum Gasteiger partial charge on any atom is -0.338 e. The lowest BCUT2D eigenvalue weighted by Gasteiger charge is -2.09. The number of amides is 2. The van der Waals surface area contributed by atoms with Gasteiger partial charge in [0, 0.05) is 36.9 Å². The number of hydrogen-bond donors (Lipinski definition) is 3. The molecule has 0 aliphatic carbocycles. The maximum absolute atomic E-state index is 11.8. The number of urea groups is 1. The van der Waals surface area contributed by atoms with Crippen LogP contribution in [0.3, 0.4) is 0 Å². The Morgan fingerprint density at radius 3 is 2.54 bits per heavy atom. The van der Waals surface area contributed by atoms with E-state index in [1.807, 2.05) is 10.8 Å². The number of carbonyl (C=O) groups is 1. The van der Waals surface area contributed by atoms with Gasteiger partial charge in [0.05, 0.1) is 12.1 Å². The van der Waals surface area contributed by atoms with Gasteiger partial charge in [-0.15, -0.1) is 0 Å². The van der Waals surface area contributed by atoms with Crippen LogP contribution in [0.2, 0.25) is 0 Å². The second-order valence-corrected chi connectivity index (χ2v) is 7.13. The lowest BCUT2D eigenvalue weighted by molar-refractivity contribution is 0.252. The molecule has 1 heterocycles. The Morgan fingerprint density at radius 2 is 1.92 bits per heavy atom. The van der Waals surface area contributed by atoms with Gasteiger partial charge in [-0.2, -0.15) is 0 Å². The lowest BCUT2D eigenvalue weighted by atomic mass is 10.3. The molecule has 0 radical (unpaired) electrons. The molecule has 3 N–H and O–H groups in total. The van der Waals surface area contributed by atoms with Gasteiger partial charge in [0.2, 0.25) is 10.0 Å². The van der Waals surface area contributed by atoms with Gasteiger partial charge in [-0.1, -0.05) is 0 Å². The molecule has 0 aliphatic rings. The van der Waals surface area contributed by atoms with Crippen LogP contribution in [0.1, 0.15) is 13.3 Å². The average Bonchev–Trinajstić information content (AvgIpc) is 3.07. The summed E-state index contributed by atoms with van der Waals surface area (Å²) in [5.41, 5.74) is 1.05. The number of hydrogen-bond acceptors (Lipinski definition) is 4. The molecule has 8 nitrogen and oxygen atoms in total. The van der Waals surface area contributed by atoms with Crippen LogP contribution in [0.4, 0.5) is 16.2 Å². The molecule has 0 bridgehead atoms. The Bertz CT molecular complexity index is 742. The fourth-order valence-corrected chi connectivity index (χ4v) is 2.57. The number of rotatable bonds is 8. The van der Waals surface area contributed by atoms with Crippen molar-refractivity contribution in [2.24, 2.45) is 0 Å². The summed E-state index contributed by atoms with van der Waals surface area (Å²) in [7, 11) is -3.30. The highest BCUT2D eigenvalue weighted by molar-refractivity contribution is 7.92. The number of anilines is 2. The molecule has 24 heavy (non-hydrogen) atoms. The zero-order valence-electron chi connectivity index (χ0n) is 13.4. The van der Waals surface area contributed by atoms with Crippen LogP contribution >= 0.6 is 0 Å². The Morgan fingerprint density at radius 1 is 1.21 bits per heavy atom. The third-order valence-corrected chi connectivity index (χ3v) is 4.54. The summed E-state index contributed by atoms with van der Waals surface area (Å²) in [6.07, 6.45) is 6.11. The molecule has 0 unspecified atom stereocenters. The van der Waals surface area contributed by atoms with E-state index in [1.54, 1.807) is 43.7 Å². The van der Waals surface area contributed by atoms with Gasteiger partial charge < -0.3 is 15.2 Å². The van der Waals surface area contributed by atoms with Crippen molar-refractivity contribution in [3.63, 3.8) is 0 Å². The lowest BCUT2D eigenvalue weighted by Crippen LogP contribution is -2.30. The SMILES string of the molecule is CCS(=O)(=O)Nc1ccc(NC(=O)NCCCn2ccnc2)cc1. The molecule has 9 heteroatoms. The molecular weight excluding hydrogens is 330 g/mol. The number of benzene rings is 1. The molecule has 130 valence electrons. The van der Waals surface area contributed by atoms with Crippen molar-refractivity contribution in [1.29, 1.82) is 0 Å². The van der Waals surface area contributed by atoms with Gasteiger partial charge in [0.25, 0.3) is 0 Å². The van der Waals surface area contributed by atoms with Gasteiger partial charge in [-0.25, -0.2) is 18.2 Å². The zero-order chi connectivity index (χ0) is 17.4. The van der Waals surface area contributed by atoms with E-state index in [4.69, 9.17) is 0 Å². The zero-order valence-corrected chi connectivity index (χ0v) is 14.2. The molecule has 1 aromatic heterocycles. The summed E-state index contributed by atoms with van der Waals surface area (Å²) in [6, 6.07) is 6.17. The summed E-state index contributed by atoms with van der Waals surface area (Å²) in [6.45, 7) is 2.89. The number of carbonyl (C=O) groups excluding carboxylic acids is 1. The summed E-state index contributed by atoms with van der Waals surface area (Å²) in [5.74, 6) is 0.00841. The van der Waals surface area contributed by atoms with E-state index < -0.39 is 10.0 Å². The summed E-state index contributed by atoms with van der Waals surface area (Å²) >= 11 is 0. The molecule has 2 amide bonds. The first kappa shape index (κ1) is 17.8. The molecule has 2 rings (SSSR count). The van der Waals surface area contributed by atoms with Crippen LogP contribution in [0, 0.1) is 0 Å². The predicted molar refractivity (Wildman–Crippen MR) is 93.4 cm³/mol. The van der Waals surface area contributed by atoms with E-state index in [0.717, 1.165) is 13.0 Å². The van der Waals surface area contributed by atoms with Crippen molar-refractivity contribution in [3.05, 3.63) is 43.0 Å². The smallest absolute Gasteiger partial charge is 0.319 e. The minimum atomic E-state index is -3.30. The molecule has 0 saturated carbocycles. The molecule has 0 spiro atoms. The maximum Gasteiger partial charge on any atom is 0.319 e. The fraction of sp³-hybridized carbons (Fsp3) is 0.333. The van der Waals surface area contributed by atoms with Crippen LogP contribution in [0.15, 0.2) is 43.0 Å². The Balaban J connectivity index is 1.73. The van der Waals surface area contributed by atoms with Crippen LogP contribution in [-0.4, -0.2) is 36.3 Å². The summed E-state index contributed by atoms with van der Waals surface area (Å²) in [4.78, 5) is 15.7. The Labute approximate surface area is 141 Å². The monoisotopic (exact) mass is 351 g/mol. The van der Waals surface area contributed by atoms with Crippen molar-refractivity contribution in [3.8, 4) is 0 Å². The number of imidazole rings is 1. The van der Waals surface area contributed by atoms with Crippen LogP contribution in [-0.2, 0) is 16.6 Å². The van der Waals surface area contributed by atoms with Crippen LogP contribution < -0.4 is 15.4 Å². The van der Waals surface area contributed by atoms with E-state index in [9.17, 15) is 13.2 Å². The minimum absolute atomic E-state index is 0.00841. The first-order valence-electron chi connectivity index (χ1n) is 7.59. The Kier molecular flexibility index (Phi) is 6.19. The third kappa shape index (κ3) is 5.92. The van der Waals surface area contributed by atoms with Crippen molar-refractivity contribution < 1.29 is 13.2 Å². The highest BCUT2D eigenvalue weighted by Gasteiger charge is 2.07. The van der Waals surface area contributed by atoms with Crippen molar-refractivity contribution in [2.75, 3.05) is 22.3 Å². The quantitative estimate of drug-likeness (QED) is 0.631. The molecule has 0 fully saturated rings. The molecule has 0 aliphatic heterocycles. The highest BCUT2D eigenvalue weighted by Crippen LogP contribution is 2.14. The van der Waals surface area contributed by atoms with E-state index in [-0.39, 0.29) is 11.8 Å². The summed E-state index contributed by atoms with van der Waals surface area (Å²) in [5, 5.41) is 5.45. The topological polar surface area (TPSA) is 105 Å². The highest BCUT2D eigenvalue weighted by atomic mass is 32.2.